The summed E-state index contributed by atoms with van der Waals surface area (Å²) in [6.07, 6.45) is 1.08. The Bertz CT molecular complexity index is 142. The molecule has 0 spiro atoms. The third kappa shape index (κ3) is 1.67. The molecule has 4 heteroatoms. The second kappa shape index (κ2) is 3.52. The molecule has 0 radical (unpaired) electrons. The first kappa shape index (κ1) is 7.48. The molecule has 0 aromatic rings. The van der Waals surface area contributed by atoms with Gasteiger partial charge in [0.1, 0.15) is 0 Å². The highest BCUT2D eigenvalue weighted by molar-refractivity contribution is 4.83. The predicted octanol–water partition coefficient (Wildman–Crippen LogP) is -0.525. The van der Waals surface area contributed by atoms with Gasteiger partial charge in [0, 0.05) is 13.1 Å². The summed E-state index contributed by atoms with van der Waals surface area (Å²) in [5.74, 6) is 4.98. The van der Waals surface area contributed by atoms with Gasteiger partial charge in [-0.05, 0) is 6.42 Å². The highest BCUT2D eigenvalue weighted by atomic mass is 16.6. The molecule has 1 aliphatic rings. The molecular weight excluding hydrogens is 130 g/mol. The van der Waals surface area contributed by atoms with E-state index in [4.69, 9.17) is 11.2 Å². The Balaban J connectivity index is 2.23. The van der Waals surface area contributed by atoms with E-state index in [1.54, 1.807) is 0 Å². The third-order valence-corrected chi connectivity index (χ3v) is 1.72. The van der Waals surface area contributed by atoms with E-state index in [9.17, 15) is 0 Å². The summed E-state index contributed by atoms with van der Waals surface area (Å²) in [6.45, 7) is 2.21. The quantitative estimate of drug-likeness (QED) is 0.415. The molecule has 10 heavy (non-hydrogen) atoms. The molecule has 1 unspecified atom stereocenters. The SMILES string of the molecule is N#CCN1CCC(ON)C1. The lowest BCUT2D eigenvalue weighted by atomic mass is 10.3. The maximum Gasteiger partial charge on any atom is 0.0926 e. The Morgan fingerprint density at radius 2 is 2.60 bits per heavy atom. The van der Waals surface area contributed by atoms with E-state index < -0.39 is 0 Å². The lowest BCUT2D eigenvalue weighted by Gasteiger charge is -2.09. The van der Waals surface area contributed by atoms with Gasteiger partial charge in [-0.1, -0.05) is 0 Å². The van der Waals surface area contributed by atoms with Crippen LogP contribution in [0, 0.1) is 11.3 Å². The molecule has 4 nitrogen and oxygen atoms in total. The molecule has 0 aromatic carbocycles. The van der Waals surface area contributed by atoms with Gasteiger partial charge in [0.15, 0.2) is 0 Å². The van der Waals surface area contributed by atoms with Crippen molar-refractivity contribution >= 4 is 0 Å². The second-order valence-corrected chi connectivity index (χ2v) is 2.44. The lowest BCUT2D eigenvalue weighted by Crippen LogP contribution is -2.25. The van der Waals surface area contributed by atoms with Crippen LogP contribution in [0.25, 0.3) is 0 Å². The van der Waals surface area contributed by atoms with E-state index in [1.807, 2.05) is 4.90 Å². The molecule has 0 saturated carbocycles. The fourth-order valence-corrected chi connectivity index (χ4v) is 1.15. The summed E-state index contributed by atoms with van der Waals surface area (Å²) < 4.78 is 0. The Morgan fingerprint density at radius 1 is 1.80 bits per heavy atom. The van der Waals surface area contributed by atoms with Crippen molar-refractivity contribution in [2.45, 2.75) is 12.5 Å². The Labute approximate surface area is 60.1 Å². The van der Waals surface area contributed by atoms with Gasteiger partial charge in [0.25, 0.3) is 0 Å². The number of nitrogens with zero attached hydrogens (tertiary/aromatic N) is 2. The molecule has 0 aliphatic carbocycles. The molecule has 0 amide bonds. The zero-order valence-corrected chi connectivity index (χ0v) is 5.79. The van der Waals surface area contributed by atoms with Crippen molar-refractivity contribution < 1.29 is 4.84 Å². The number of rotatable bonds is 2. The van der Waals surface area contributed by atoms with Crippen LogP contribution < -0.4 is 5.90 Å². The predicted molar refractivity (Wildman–Crippen MR) is 35.7 cm³/mol. The van der Waals surface area contributed by atoms with Crippen LogP contribution in [0.2, 0.25) is 0 Å². The highest BCUT2D eigenvalue weighted by Crippen LogP contribution is 2.09. The monoisotopic (exact) mass is 141 g/mol. The van der Waals surface area contributed by atoms with Gasteiger partial charge in [0.05, 0.1) is 18.7 Å². The smallest absolute Gasteiger partial charge is 0.0926 e. The van der Waals surface area contributed by atoms with Gasteiger partial charge in [-0.15, -0.1) is 0 Å². The van der Waals surface area contributed by atoms with Gasteiger partial charge < -0.3 is 0 Å². The zero-order chi connectivity index (χ0) is 7.40. The summed E-state index contributed by atoms with van der Waals surface area (Å²) in [4.78, 5) is 6.66. The maximum atomic E-state index is 8.32. The first-order valence-corrected chi connectivity index (χ1v) is 3.31. The minimum absolute atomic E-state index is 0.133. The molecule has 1 atom stereocenters. The van der Waals surface area contributed by atoms with E-state index in [0.29, 0.717) is 6.54 Å². The van der Waals surface area contributed by atoms with Crippen LogP contribution >= 0.6 is 0 Å². The largest absolute Gasteiger partial charge is 0.300 e. The van der Waals surface area contributed by atoms with Gasteiger partial charge >= 0.3 is 0 Å². The van der Waals surface area contributed by atoms with Gasteiger partial charge in [-0.3, -0.25) is 9.74 Å². The Hall–Kier alpha value is -0.630. The summed E-state index contributed by atoms with van der Waals surface area (Å²) in [5, 5.41) is 8.32. The van der Waals surface area contributed by atoms with Crippen molar-refractivity contribution in [2.75, 3.05) is 19.6 Å². The molecule has 1 aliphatic heterocycles. The van der Waals surface area contributed by atoms with Crippen molar-refractivity contribution in [2.24, 2.45) is 5.90 Å². The minimum atomic E-state index is 0.133. The molecule has 1 heterocycles. The van der Waals surface area contributed by atoms with E-state index in [-0.39, 0.29) is 6.10 Å². The standard InChI is InChI=1S/C6H11N3O/c7-2-4-9-3-1-6(5-9)10-8/h6H,1,3-5,8H2. The molecule has 0 aromatic heterocycles. The van der Waals surface area contributed by atoms with Crippen LogP contribution in [0.15, 0.2) is 0 Å². The van der Waals surface area contributed by atoms with Gasteiger partial charge in [0.2, 0.25) is 0 Å². The average Bonchev–Trinajstić information content (AvgIpc) is 2.37. The zero-order valence-electron chi connectivity index (χ0n) is 5.79. The van der Waals surface area contributed by atoms with Crippen LogP contribution in [0.1, 0.15) is 6.42 Å². The van der Waals surface area contributed by atoms with Crippen LogP contribution in [0.5, 0.6) is 0 Å². The van der Waals surface area contributed by atoms with Gasteiger partial charge in [-0.25, -0.2) is 5.90 Å². The molecule has 56 valence electrons. The van der Waals surface area contributed by atoms with E-state index >= 15 is 0 Å². The number of hydrogen-bond donors (Lipinski definition) is 1. The van der Waals surface area contributed by atoms with E-state index in [1.165, 1.54) is 0 Å². The average molecular weight is 141 g/mol. The fraction of sp³-hybridized carbons (Fsp3) is 0.833. The lowest BCUT2D eigenvalue weighted by molar-refractivity contribution is 0.0605. The fourth-order valence-electron chi connectivity index (χ4n) is 1.15. The Morgan fingerprint density at radius 3 is 3.10 bits per heavy atom. The topological polar surface area (TPSA) is 62.3 Å². The highest BCUT2D eigenvalue weighted by Gasteiger charge is 2.21. The third-order valence-electron chi connectivity index (χ3n) is 1.72. The van der Waals surface area contributed by atoms with E-state index in [0.717, 1.165) is 19.5 Å². The van der Waals surface area contributed by atoms with Crippen LogP contribution in [0.4, 0.5) is 0 Å². The van der Waals surface area contributed by atoms with Crippen LogP contribution in [0.3, 0.4) is 0 Å². The van der Waals surface area contributed by atoms with Crippen molar-refractivity contribution in [1.29, 1.82) is 5.26 Å². The summed E-state index contributed by atoms with van der Waals surface area (Å²) in [5.41, 5.74) is 0. The molecule has 1 rings (SSSR count). The van der Waals surface area contributed by atoms with Crippen molar-refractivity contribution in [3.63, 3.8) is 0 Å². The number of nitriles is 1. The maximum absolute atomic E-state index is 8.32. The number of nitrogens with two attached hydrogens (primary N) is 1. The van der Waals surface area contributed by atoms with Crippen molar-refractivity contribution in [1.82, 2.24) is 4.90 Å². The van der Waals surface area contributed by atoms with Gasteiger partial charge in [-0.2, -0.15) is 5.26 Å². The first-order chi connectivity index (χ1) is 4.86. The van der Waals surface area contributed by atoms with Crippen molar-refractivity contribution in [3.8, 4) is 6.07 Å². The van der Waals surface area contributed by atoms with E-state index in [2.05, 4.69) is 10.9 Å². The van der Waals surface area contributed by atoms with Crippen LogP contribution in [-0.4, -0.2) is 30.6 Å². The minimum Gasteiger partial charge on any atom is -0.300 e. The summed E-state index contributed by atoms with van der Waals surface area (Å²) in [7, 11) is 0. The molecular formula is C6H11N3O. The molecule has 1 fully saturated rings. The molecule has 0 bridgehead atoms. The number of hydrogen-bond acceptors (Lipinski definition) is 4. The first-order valence-electron chi connectivity index (χ1n) is 3.31. The van der Waals surface area contributed by atoms with Crippen LogP contribution in [-0.2, 0) is 4.84 Å². The summed E-state index contributed by atoms with van der Waals surface area (Å²) >= 11 is 0. The Kier molecular flexibility index (Phi) is 2.63. The second-order valence-electron chi connectivity index (χ2n) is 2.44. The van der Waals surface area contributed by atoms with Crippen molar-refractivity contribution in [3.05, 3.63) is 0 Å². The normalized spacial score (nSPS) is 26.6. The number of likely N-dealkylation sites (tertiary alicyclic amines) is 1. The molecule has 1 saturated heterocycles. The summed E-state index contributed by atoms with van der Waals surface area (Å²) in [6, 6.07) is 2.08. The molecule has 2 N–H and O–H groups in total.